The number of nitrogens with two attached hydrogens (primary N) is 1. The maximum absolute atomic E-state index is 11.0. The summed E-state index contributed by atoms with van der Waals surface area (Å²) in [6.45, 7) is 0. The van der Waals surface area contributed by atoms with Gasteiger partial charge in [-0.15, -0.1) is 0 Å². The van der Waals surface area contributed by atoms with Crippen LogP contribution in [0.15, 0.2) is 12.1 Å². The van der Waals surface area contributed by atoms with Gasteiger partial charge in [-0.2, -0.15) is 0 Å². The zero-order valence-corrected chi connectivity index (χ0v) is 8.30. The van der Waals surface area contributed by atoms with E-state index in [0.717, 1.165) is 12.1 Å². The molecule has 0 saturated heterocycles. The molecule has 0 aromatic heterocycles. The SMILES string of the molecule is COc1cc(C(N)=O)c(C=O)cc1[N+](=O)[O-]. The van der Waals surface area contributed by atoms with E-state index in [2.05, 4.69) is 0 Å². The Hall–Kier alpha value is -2.44. The summed E-state index contributed by atoms with van der Waals surface area (Å²) in [5.41, 5.74) is 4.37. The predicted octanol–water partition coefficient (Wildman–Crippen LogP) is 0.515. The Balaban J connectivity index is 3.52. The molecule has 0 aliphatic rings. The Morgan fingerprint density at radius 1 is 1.56 bits per heavy atom. The molecule has 0 bridgehead atoms. The van der Waals surface area contributed by atoms with Gasteiger partial charge in [0.1, 0.15) is 0 Å². The van der Waals surface area contributed by atoms with Gasteiger partial charge in [-0.05, 0) is 0 Å². The van der Waals surface area contributed by atoms with Crippen molar-refractivity contribution in [2.45, 2.75) is 0 Å². The molecule has 84 valence electrons. The van der Waals surface area contributed by atoms with Crippen LogP contribution in [-0.2, 0) is 0 Å². The molecule has 7 nitrogen and oxygen atoms in total. The number of carbonyl (C=O) groups excluding carboxylic acids is 2. The van der Waals surface area contributed by atoms with Crippen molar-refractivity contribution in [1.82, 2.24) is 0 Å². The summed E-state index contributed by atoms with van der Waals surface area (Å²) in [6.07, 6.45) is 0.326. The molecular weight excluding hydrogens is 216 g/mol. The van der Waals surface area contributed by atoms with Gasteiger partial charge in [-0.3, -0.25) is 19.7 Å². The van der Waals surface area contributed by atoms with Crippen molar-refractivity contribution >= 4 is 17.9 Å². The van der Waals surface area contributed by atoms with E-state index in [9.17, 15) is 19.7 Å². The summed E-state index contributed by atoms with van der Waals surface area (Å²) < 4.78 is 4.73. The molecule has 7 heteroatoms. The Morgan fingerprint density at radius 2 is 2.19 bits per heavy atom. The fourth-order valence-corrected chi connectivity index (χ4v) is 1.20. The van der Waals surface area contributed by atoms with Crippen LogP contribution in [0.25, 0.3) is 0 Å². The zero-order valence-electron chi connectivity index (χ0n) is 8.30. The minimum Gasteiger partial charge on any atom is -0.490 e. The van der Waals surface area contributed by atoms with Crippen LogP contribution in [0.3, 0.4) is 0 Å². The van der Waals surface area contributed by atoms with E-state index in [-0.39, 0.29) is 16.9 Å². The van der Waals surface area contributed by atoms with Gasteiger partial charge in [-0.25, -0.2) is 0 Å². The first-order valence-corrected chi connectivity index (χ1v) is 4.12. The Kier molecular flexibility index (Phi) is 3.19. The third-order valence-electron chi connectivity index (χ3n) is 1.94. The minimum atomic E-state index is -0.852. The Morgan fingerprint density at radius 3 is 2.56 bits per heavy atom. The van der Waals surface area contributed by atoms with Gasteiger partial charge in [0.2, 0.25) is 5.91 Å². The highest BCUT2D eigenvalue weighted by molar-refractivity contribution is 6.01. The van der Waals surface area contributed by atoms with Crippen molar-refractivity contribution in [3.8, 4) is 5.75 Å². The van der Waals surface area contributed by atoms with Gasteiger partial charge in [-0.1, -0.05) is 0 Å². The normalized spacial score (nSPS) is 9.56. The van der Waals surface area contributed by atoms with Gasteiger partial charge in [0.05, 0.1) is 17.6 Å². The van der Waals surface area contributed by atoms with Gasteiger partial charge in [0.15, 0.2) is 12.0 Å². The van der Waals surface area contributed by atoms with Crippen molar-refractivity contribution in [2.24, 2.45) is 5.73 Å². The molecule has 1 aromatic rings. The Bertz CT molecular complexity index is 469. The molecule has 0 fully saturated rings. The summed E-state index contributed by atoms with van der Waals surface area (Å²) in [5, 5.41) is 10.6. The molecule has 2 N–H and O–H groups in total. The molecule has 1 rings (SSSR count). The van der Waals surface area contributed by atoms with Gasteiger partial charge in [0, 0.05) is 17.7 Å². The molecule has 0 radical (unpaired) electrons. The van der Waals surface area contributed by atoms with Crippen LogP contribution in [0.4, 0.5) is 5.69 Å². The molecule has 0 spiro atoms. The lowest BCUT2D eigenvalue weighted by atomic mass is 10.1. The number of aldehydes is 1. The van der Waals surface area contributed by atoms with Crippen LogP contribution >= 0.6 is 0 Å². The maximum atomic E-state index is 11.0. The molecule has 0 aliphatic heterocycles. The molecule has 1 aromatic carbocycles. The molecule has 0 aliphatic carbocycles. The molecule has 0 unspecified atom stereocenters. The highest BCUT2D eigenvalue weighted by Crippen LogP contribution is 2.29. The second-order valence-corrected chi connectivity index (χ2v) is 2.85. The summed E-state index contributed by atoms with van der Waals surface area (Å²) in [4.78, 5) is 31.5. The number of amides is 1. The third kappa shape index (κ3) is 1.97. The van der Waals surface area contributed by atoms with Crippen molar-refractivity contribution in [2.75, 3.05) is 7.11 Å². The second-order valence-electron chi connectivity index (χ2n) is 2.85. The Labute approximate surface area is 90.0 Å². The van der Waals surface area contributed by atoms with Crippen LogP contribution in [0.1, 0.15) is 20.7 Å². The van der Waals surface area contributed by atoms with E-state index in [1.54, 1.807) is 0 Å². The maximum Gasteiger partial charge on any atom is 0.311 e. The average Bonchev–Trinajstić information content (AvgIpc) is 2.26. The van der Waals surface area contributed by atoms with Crippen LogP contribution in [-0.4, -0.2) is 24.2 Å². The van der Waals surface area contributed by atoms with E-state index >= 15 is 0 Å². The smallest absolute Gasteiger partial charge is 0.311 e. The van der Waals surface area contributed by atoms with Crippen LogP contribution < -0.4 is 10.5 Å². The fourth-order valence-electron chi connectivity index (χ4n) is 1.20. The predicted molar refractivity (Wildman–Crippen MR) is 53.6 cm³/mol. The second kappa shape index (κ2) is 4.39. The molecule has 1 amide bonds. The molecule has 0 atom stereocenters. The number of methoxy groups -OCH3 is 1. The van der Waals surface area contributed by atoms with Crippen LogP contribution in [0.2, 0.25) is 0 Å². The summed E-state index contributed by atoms with van der Waals surface area (Å²) >= 11 is 0. The number of rotatable bonds is 4. The third-order valence-corrected chi connectivity index (χ3v) is 1.94. The van der Waals surface area contributed by atoms with Gasteiger partial charge >= 0.3 is 5.69 Å². The molecular formula is C9H8N2O5. The molecule has 0 saturated carbocycles. The number of nitrogens with zero attached hydrogens (tertiary/aromatic N) is 1. The lowest BCUT2D eigenvalue weighted by molar-refractivity contribution is -0.385. The number of hydrogen-bond donors (Lipinski definition) is 1. The fraction of sp³-hybridized carbons (Fsp3) is 0.111. The lowest BCUT2D eigenvalue weighted by Crippen LogP contribution is -2.14. The highest BCUT2D eigenvalue weighted by Gasteiger charge is 2.20. The topological polar surface area (TPSA) is 113 Å². The van der Waals surface area contributed by atoms with E-state index < -0.39 is 16.5 Å². The van der Waals surface area contributed by atoms with Crippen molar-refractivity contribution in [3.05, 3.63) is 33.4 Å². The van der Waals surface area contributed by atoms with Crippen LogP contribution in [0.5, 0.6) is 5.75 Å². The minimum absolute atomic E-state index is 0.113. The van der Waals surface area contributed by atoms with Gasteiger partial charge in [0.25, 0.3) is 0 Å². The zero-order chi connectivity index (χ0) is 12.3. The standard InChI is InChI=1S/C9H8N2O5/c1-16-8-3-6(9(10)13)5(4-12)2-7(8)11(14)15/h2-4H,1H3,(H2,10,13). The largest absolute Gasteiger partial charge is 0.490 e. The number of nitro groups is 1. The van der Waals surface area contributed by atoms with E-state index in [1.807, 2.05) is 0 Å². The lowest BCUT2D eigenvalue weighted by Gasteiger charge is -2.05. The number of benzene rings is 1. The number of hydrogen-bond acceptors (Lipinski definition) is 5. The monoisotopic (exact) mass is 224 g/mol. The summed E-state index contributed by atoms with van der Waals surface area (Å²) in [6, 6.07) is 2.02. The van der Waals surface area contributed by atoms with Crippen molar-refractivity contribution in [1.29, 1.82) is 0 Å². The highest BCUT2D eigenvalue weighted by atomic mass is 16.6. The number of carbonyl (C=O) groups is 2. The van der Waals surface area contributed by atoms with Crippen molar-refractivity contribution < 1.29 is 19.2 Å². The number of nitro benzene ring substituents is 1. The summed E-state index contributed by atoms with van der Waals surface area (Å²) in [7, 11) is 1.22. The first kappa shape index (κ1) is 11.6. The van der Waals surface area contributed by atoms with E-state index in [4.69, 9.17) is 10.5 Å². The van der Waals surface area contributed by atoms with E-state index in [1.165, 1.54) is 7.11 Å². The average molecular weight is 224 g/mol. The first-order chi connectivity index (χ1) is 7.51. The van der Waals surface area contributed by atoms with Gasteiger partial charge < -0.3 is 10.5 Å². The molecule has 16 heavy (non-hydrogen) atoms. The van der Waals surface area contributed by atoms with E-state index in [0.29, 0.717) is 6.29 Å². The number of ether oxygens (including phenoxy) is 1. The first-order valence-electron chi connectivity index (χ1n) is 4.12. The van der Waals surface area contributed by atoms with Crippen LogP contribution in [0, 0.1) is 10.1 Å². The quantitative estimate of drug-likeness (QED) is 0.455. The summed E-state index contributed by atoms with van der Waals surface area (Å²) in [5.74, 6) is -0.973. The van der Waals surface area contributed by atoms with Crippen molar-refractivity contribution in [3.63, 3.8) is 0 Å². The number of primary amides is 1. The molecule has 0 heterocycles.